The molecule has 2 fully saturated rings. The molecule has 27 heavy (non-hydrogen) atoms. The molecule has 0 amide bonds. The number of aliphatic hydroxyl groups excluding tert-OH is 1. The van der Waals surface area contributed by atoms with Crippen molar-refractivity contribution in [2.75, 3.05) is 26.2 Å². The van der Waals surface area contributed by atoms with Gasteiger partial charge in [-0.05, 0) is 30.7 Å². The van der Waals surface area contributed by atoms with E-state index in [1.165, 1.54) is 6.42 Å². The maximum Gasteiger partial charge on any atom is 0.274 e. The number of hydrogen-bond acceptors (Lipinski definition) is 5. The van der Waals surface area contributed by atoms with Crippen LogP contribution in [-0.2, 0) is 4.79 Å². The van der Waals surface area contributed by atoms with Gasteiger partial charge in [0.1, 0.15) is 6.54 Å². The van der Waals surface area contributed by atoms with Crippen molar-refractivity contribution in [2.24, 2.45) is 4.99 Å². The average molecular weight is 364 g/mol. The van der Waals surface area contributed by atoms with E-state index in [2.05, 4.69) is 5.32 Å². The van der Waals surface area contributed by atoms with Gasteiger partial charge in [-0.3, -0.25) is 9.28 Å². The molecular weight excluding hydrogens is 342 g/mol. The van der Waals surface area contributed by atoms with Crippen molar-refractivity contribution in [3.63, 3.8) is 0 Å². The first kappa shape index (κ1) is 16.4. The van der Waals surface area contributed by atoms with Crippen molar-refractivity contribution in [3.8, 4) is 0 Å². The van der Waals surface area contributed by atoms with Gasteiger partial charge in [0, 0.05) is 18.8 Å². The van der Waals surface area contributed by atoms with Crippen molar-refractivity contribution >= 4 is 28.5 Å². The summed E-state index contributed by atoms with van der Waals surface area (Å²) in [6.07, 6.45) is 6.58. The van der Waals surface area contributed by atoms with Gasteiger partial charge in [-0.15, -0.1) is 5.10 Å². The summed E-state index contributed by atoms with van der Waals surface area (Å²) in [5.74, 6) is 0.986. The van der Waals surface area contributed by atoms with Crippen LogP contribution in [0.1, 0.15) is 13.3 Å². The maximum absolute atomic E-state index is 12.1. The fourth-order valence-electron chi connectivity index (χ4n) is 4.10. The van der Waals surface area contributed by atoms with Crippen LogP contribution < -0.4 is 9.80 Å². The topological polar surface area (TPSA) is 79.0 Å². The van der Waals surface area contributed by atoms with Crippen LogP contribution in [-0.4, -0.2) is 58.5 Å². The molecule has 0 aromatic carbocycles. The number of carbonyl (C=O) groups excluding carboxylic acids is 1. The van der Waals surface area contributed by atoms with E-state index >= 15 is 0 Å². The van der Waals surface area contributed by atoms with Crippen LogP contribution in [0.4, 0.5) is 11.5 Å². The minimum Gasteiger partial charge on any atom is -0.395 e. The molecule has 138 valence electrons. The van der Waals surface area contributed by atoms with E-state index in [1.54, 1.807) is 13.0 Å². The molecule has 0 spiro atoms. The molecule has 2 N–H and O–H groups in total. The van der Waals surface area contributed by atoms with Crippen molar-refractivity contribution in [2.45, 2.75) is 19.4 Å². The van der Waals surface area contributed by atoms with Gasteiger partial charge in [0.05, 0.1) is 36.5 Å². The first-order valence-electron chi connectivity index (χ1n) is 9.35. The summed E-state index contributed by atoms with van der Waals surface area (Å²) < 4.78 is 2.82. The van der Waals surface area contributed by atoms with Crippen LogP contribution in [0.25, 0.3) is 5.52 Å². The highest BCUT2D eigenvalue weighted by molar-refractivity contribution is 6.22. The SMILES string of the molecule is CC1=C/C(=N\c2c([N+]34CCC3C4)nn3ccccc23)C(NCCO)=CC1=O. The molecule has 2 aliphatic heterocycles. The Morgan fingerprint density at radius 3 is 3.00 bits per heavy atom. The number of aromatic nitrogens is 2. The Morgan fingerprint density at radius 1 is 1.41 bits per heavy atom. The molecule has 2 aromatic heterocycles. The lowest BCUT2D eigenvalue weighted by Gasteiger charge is -2.24. The van der Waals surface area contributed by atoms with Gasteiger partial charge in [-0.1, -0.05) is 6.07 Å². The average Bonchev–Trinajstić information content (AvgIpc) is 3.02. The summed E-state index contributed by atoms with van der Waals surface area (Å²) in [7, 11) is 0. The number of nitrogens with one attached hydrogen (secondary N) is 1. The number of quaternary nitrogens is 1. The molecule has 1 aliphatic carbocycles. The fourth-order valence-corrected chi connectivity index (χ4v) is 4.10. The monoisotopic (exact) mass is 364 g/mol. The van der Waals surface area contributed by atoms with Crippen LogP contribution in [0, 0.1) is 0 Å². The van der Waals surface area contributed by atoms with Crippen molar-refractivity contribution < 1.29 is 9.90 Å². The van der Waals surface area contributed by atoms with E-state index in [4.69, 9.17) is 15.2 Å². The number of pyridine rings is 1. The number of nitrogens with zero attached hydrogens (tertiary/aromatic N) is 4. The highest BCUT2D eigenvalue weighted by atomic mass is 16.3. The number of hydrogen-bond donors (Lipinski definition) is 2. The quantitative estimate of drug-likeness (QED) is 0.479. The van der Waals surface area contributed by atoms with E-state index in [0.717, 1.165) is 34.6 Å². The van der Waals surface area contributed by atoms with E-state index in [9.17, 15) is 4.79 Å². The van der Waals surface area contributed by atoms with Crippen LogP contribution in [0.2, 0.25) is 0 Å². The highest BCUT2D eigenvalue weighted by Crippen LogP contribution is 2.52. The van der Waals surface area contributed by atoms with Gasteiger partial charge >= 0.3 is 0 Å². The Kier molecular flexibility index (Phi) is 3.57. The van der Waals surface area contributed by atoms with Crippen LogP contribution >= 0.6 is 0 Å². The van der Waals surface area contributed by atoms with Gasteiger partial charge in [0.2, 0.25) is 0 Å². The summed E-state index contributed by atoms with van der Waals surface area (Å²) in [4.78, 5) is 17.1. The largest absolute Gasteiger partial charge is 0.395 e. The van der Waals surface area contributed by atoms with E-state index in [-0.39, 0.29) is 12.4 Å². The Hall–Kier alpha value is -2.77. The number of ketones is 1. The molecule has 2 atom stereocenters. The summed E-state index contributed by atoms with van der Waals surface area (Å²) in [6, 6.07) is 6.67. The molecule has 0 radical (unpaired) electrons. The lowest BCUT2D eigenvalue weighted by atomic mass is 10.0. The third kappa shape index (κ3) is 2.46. The molecule has 7 heteroatoms. The zero-order valence-corrected chi connectivity index (χ0v) is 15.2. The van der Waals surface area contributed by atoms with E-state index < -0.39 is 0 Å². The lowest BCUT2D eigenvalue weighted by Crippen LogP contribution is -2.40. The van der Waals surface area contributed by atoms with E-state index in [1.807, 2.05) is 35.0 Å². The van der Waals surface area contributed by atoms with Crippen LogP contribution in [0.5, 0.6) is 0 Å². The smallest absolute Gasteiger partial charge is 0.274 e. The molecule has 5 rings (SSSR count). The zero-order chi connectivity index (χ0) is 18.6. The van der Waals surface area contributed by atoms with Gasteiger partial charge in [0.25, 0.3) is 5.82 Å². The number of rotatable bonds is 5. The molecule has 0 bridgehead atoms. The maximum atomic E-state index is 12.1. The summed E-state index contributed by atoms with van der Waals surface area (Å²) in [6.45, 7) is 4.41. The number of aliphatic imine (C=N–C) groups is 1. The van der Waals surface area contributed by atoms with Crippen LogP contribution in [0.3, 0.4) is 0 Å². The highest BCUT2D eigenvalue weighted by Gasteiger charge is 2.67. The third-order valence-electron chi connectivity index (χ3n) is 5.83. The Morgan fingerprint density at radius 2 is 2.30 bits per heavy atom. The molecule has 2 aromatic rings. The van der Waals surface area contributed by atoms with Crippen molar-refractivity contribution in [1.82, 2.24) is 19.4 Å². The molecule has 2 saturated heterocycles. The Balaban J connectivity index is 1.65. The van der Waals surface area contributed by atoms with Crippen molar-refractivity contribution in [3.05, 3.63) is 47.8 Å². The summed E-state index contributed by atoms with van der Waals surface area (Å²) in [5.41, 5.74) is 3.85. The minimum atomic E-state index is -0.0369. The number of fused-ring (bicyclic) bond motifs is 2. The molecular formula is C20H22N5O2+. The molecule has 0 saturated carbocycles. The predicted octanol–water partition coefficient (Wildman–Crippen LogP) is 1.49. The second-order valence-electron chi connectivity index (χ2n) is 7.48. The number of aliphatic hydroxyl groups is 1. The predicted molar refractivity (Wildman–Crippen MR) is 104 cm³/mol. The van der Waals surface area contributed by atoms with Gasteiger partial charge < -0.3 is 10.4 Å². The number of carbonyl (C=O) groups is 1. The van der Waals surface area contributed by atoms with Gasteiger partial charge in [0.15, 0.2) is 17.5 Å². The standard InChI is InChI=1S/C20H21N5O2/c1-13-10-16(15(11-18(13)27)21-6-9-26)22-19-17-4-2-3-7-24(17)23-20(19)25-8-5-14(25)12-25/h2-4,7,10-11,14,26H,5-6,8-9,12H2,1H3/p+1/b22-16+. The van der Waals surface area contributed by atoms with Gasteiger partial charge in [-0.25, -0.2) is 9.51 Å². The number of allylic oxidation sites excluding steroid dienone is 3. The van der Waals surface area contributed by atoms with Gasteiger partial charge in [-0.2, -0.15) is 0 Å². The molecule has 2 unspecified atom stereocenters. The second kappa shape index (κ2) is 5.87. The molecule has 3 aliphatic rings. The molecule has 4 heterocycles. The van der Waals surface area contributed by atoms with E-state index in [0.29, 0.717) is 29.6 Å². The van der Waals surface area contributed by atoms with Crippen molar-refractivity contribution in [1.29, 1.82) is 0 Å². The van der Waals surface area contributed by atoms with Crippen LogP contribution in [0.15, 0.2) is 52.8 Å². The lowest BCUT2D eigenvalue weighted by molar-refractivity contribution is -0.111. The summed E-state index contributed by atoms with van der Waals surface area (Å²) >= 11 is 0. The Bertz CT molecular complexity index is 1040. The first-order valence-corrected chi connectivity index (χ1v) is 9.35. The first-order chi connectivity index (χ1) is 13.1. The fraction of sp³-hybridized carbons (Fsp3) is 0.350. The Labute approximate surface area is 156 Å². The summed E-state index contributed by atoms with van der Waals surface area (Å²) in [5, 5.41) is 17.1. The molecule has 7 nitrogen and oxygen atoms in total. The second-order valence-corrected chi connectivity index (χ2v) is 7.48. The normalized spacial score (nSPS) is 27.9. The third-order valence-corrected chi connectivity index (χ3v) is 5.83. The zero-order valence-electron chi connectivity index (χ0n) is 15.2. The minimum absolute atomic E-state index is 0.00878.